The molecule has 0 aliphatic heterocycles. The van der Waals surface area contributed by atoms with E-state index in [9.17, 15) is 5.11 Å². The molecular formula is C18H35O. The van der Waals surface area contributed by atoms with Crippen molar-refractivity contribution in [1.82, 2.24) is 0 Å². The van der Waals surface area contributed by atoms with Crippen molar-refractivity contribution >= 4 is 0 Å². The lowest BCUT2D eigenvalue weighted by Gasteiger charge is -2.00. The highest BCUT2D eigenvalue weighted by atomic mass is 16.2. The Morgan fingerprint density at radius 3 is 1.47 bits per heavy atom. The first kappa shape index (κ1) is 18.7. The van der Waals surface area contributed by atoms with Crippen molar-refractivity contribution in [2.75, 3.05) is 6.61 Å². The third kappa shape index (κ3) is 17.7. The molecule has 0 aromatic carbocycles. The molecule has 0 spiro atoms. The molecule has 0 aromatic heterocycles. The molecular weight excluding hydrogens is 232 g/mol. The van der Waals surface area contributed by atoms with Crippen molar-refractivity contribution in [2.45, 2.75) is 96.8 Å². The van der Waals surface area contributed by atoms with E-state index in [4.69, 9.17) is 0 Å². The number of allylic oxidation sites excluding steroid dienone is 2. The van der Waals surface area contributed by atoms with Gasteiger partial charge < -0.3 is 0 Å². The van der Waals surface area contributed by atoms with E-state index in [0.717, 1.165) is 12.8 Å². The Kier molecular flexibility index (Phi) is 17.4. The van der Waals surface area contributed by atoms with Crippen molar-refractivity contribution in [3.63, 3.8) is 0 Å². The van der Waals surface area contributed by atoms with E-state index >= 15 is 0 Å². The second-order valence-corrected chi connectivity index (χ2v) is 5.64. The Bertz CT molecular complexity index is 175. The minimum Gasteiger partial charge on any atom is -0.237 e. The number of rotatable bonds is 15. The van der Waals surface area contributed by atoms with Gasteiger partial charge in [0, 0.05) is 0 Å². The zero-order chi connectivity index (χ0) is 14.0. The summed E-state index contributed by atoms with van der Waals surface area (Å²) in [5.41, 5.74) is 0. The van der Waals surface area contributed by atoms with Crippen molar-refractivity contribution in [3.8, 4) is 0 Å². The van der Waals surface area contributed by atoms with Crippen molar-refractivity contribution < 1.29 is 5.11 Å². The van der Waals surface area contributed by atoms with Crippen LogP contribution in [0.2, 0.25) is 0 Å². The second kappa shape index (κ2) is 17.7. The summed E-state index contributed by atoms with van der Waals surface area (Å²) in [7, 11) is 0. The lowest BCUT2D eigenvalue weighted by Crippen LogP contribution is -1.81. The molecule has 0 atom stereocenters. The molecule has 1 heteroatoms. The highest BCUT2D eigenvalue weighted by molar-refractivity contribution is 4.81. The summed E-state index contributed by atoms with van der Waals surface area (Å²) < 4.78 is 0. The smallest absolute Gasteiger partial charge is 0.0822 e. The zero-order valence-electron chi connectivity index (χ0n) is 13.2. The molecule has 0 N–H and O–H groups in total. The Hall–Kier alpha value is -0.300. The van der Waals surface area contributed by atoms with Gasteiger partial charge in [0.2, 0.25) is 0 Å². The van der Waals surface area contributed by atoms with E-state index < -0.39 is 0 Å². The fraction of sp³-hybridized carbons (Fsp3) is 0.889. The molecule has 0 fully saturated rings. The van der Waals surface area contributed by atoms with Gasteiger partial charge >= 0.3 is 0 Å². The first-order valence-electron chi connectivity index (χ1n) is 8.65. The Balaban J connectivity index is 3.00. The maximum Gasteiger partial charge on any atom is 0.0822 e. The van der Waals surface area contributed by atoms with Gasteiger partial charge in [0.15, 0.2) is 0 Å². The fourth-order valence-corrected chi connectivity index (χ4v) is 2.35. The van der Waals surface area contributed by atoms with E-state index in [1.165, 1.54) is 77.0 Å². The monoisotopic (exact) mass is 267 g/mol. The molecule has 0 heterocycles. The standard InChI is InChI=1S/C18H35O/c1-2-3-4-5-6-7-8-9-10-11-12-13-14-15-16-17-18-19/h11-12H,2-10,13-18H2,1H3. The van der Waals surface area contributed by atoms with Crippen LogP contribution in [0.4, 0.5) is 0 Å². The van der Waals surface area contributed by atoms with Crippen LogP contribution in [0.5, 0.6) is 0 Å². The summed E-state index contributed by atoms with van der Waals surface area (Å²) in [6.07, 6.45) is 22.9. The number of hydrogen-bond acceptors (Lipinski definition) is 0. The van der Waals surface area contributed by atoms with Gasteiger partial charge in [0.05, 0.1) is 6.61 Å². The van der Waals surface area contributed by atoms with Crippen molar-refractivity contribution in [2.24, 2.45) is 0 Å². The molecule has 0 aliphatic rings. The van der Waals surface area contributed by atoms with Crippen molar-refractivity contribution in [3.05, 3.63) is 12.2 Å². The second-order valence-electron chi connectivity index (χ2n) is 5.64. The molecule has 0 bridgehead atoms. The minimum absolute atomic E-state index is 0.105. The molecule has 0 aliphatic carbocycles. The quantitative estimate of drug-likeness (QED) is 0.240. The Morgan fingerprint density at radius 1 is 0.579 bits per heavy atom. The lowest BCUT2D eigenvalue weighted by molar-refractivity contribution is 0.186. The Morgan fingerprint density at radius 2 is 1.00 bits per heavy atom. The topological polar surface area (TPSA) is 19.9 Å². The van der Waals surface area contributed by atoms with Gasteiger partial charge in [0.1, 0.15) is 0 Å². The van der Waals surface area contributed by atoms with Gasteiger partial charge in [0.25, 0.3) is 0 Å². The summed E-state index contributed by atoms with van der Waals surface area (Å²) in [4.78, 5) is 0. The van der Waals surface area contributed by atoms with Gasteiger partial charge in [-0.25, -0.2) is 5.11 Å². The summed E-state index contributed by atoms with van der Waals surface area (Å²) >= 11 is 0. The van der Waals surface area contributed by atoms with Crippen LogP contribution < -0.4 is 0 Å². The largest absolute Gasteiger partial charge is 0.237 e. The molecule has 0 saturated heterocycles. The third-order valence-corrected chi connectivity index (χ3v) is 3.66. The van der Waals surface area contributed by atoms with Gasteiger partial charge in [-0.2, -0.15) is 0 Å². The predicted octanol–water partition coefficient (Wildman–Crippen LogP) is 6.45. The molecule has 0 aromatic rings. The molecule has 1 radical (unpaired) electrons. The van der Waals surface area contributed by atoms with E-state index in [0.29, 0.717) is 0 Å². The summed E-state index contributed by atoms with van der Waals surface area (Å²) in [6, 6.07) is 0. The molecule has 113 valence electrons. The Labute approximate surface area is 121 Å². The van der Waals surface area contributed by atoms with Crippen LogP contribution in [-0.2, 0) is 5.11 Å². The van der Waals surface area contributed by atoms with E-state index in [1.807, 2.05) is 0 Å². The predicted molar refractivity (Wildman–Crippen MR) is 85.0 cm³/mol. The van der Waals surface area contributed by atoms with Gasteiger partial charge in [-0.05, 0) is 32.1 Å². The van der Waals surface area contributed by atoms with Gasteiger partial charge in [-0.3, -0.25) is 0 Å². The summed E-state index contributed by atoms with van der Waals surface area (Å²) in [6.45, 7) is 2.38. The SMILES string of the molecule is CCCCCCCCCCC=CCCCCCC[O]. The van der Waals surface area contributed by atoms with Crippen LogP contribution in [0.1, 0.15) is 96.8 Å². The third-order valence-electron chi connectivity index (χ3n) is 3.66. The highest BCUT2D eigenvalue weighted by Crippen LogP contribution is 2.10. The zero-order valence-corrected chi connectivity index (χ0v) is 13.2. The first-order valence-corrected chi connectivity index (χ1v) is 8.65. The molecule has 0 unspecified atom stereocenters. The first-order chi connectivity index (χ1) is 9.41. The molecule has 0 saturated carbocycles. The fourth-order valence-electron chi connectivity index (χ4n) is 2.35. The average molecular weight is 267 g/mol. The number of unbranched alkanes of at least 4 members (excludes halogenated alkanes) is 12. The molecule has 19 heavy (non-hydrogen) atoms. The van der Waals surface area contributed by atoms with Crippen LogP contribution in [0.25, 0.3) is 0 Å². The normalized spacial score (nSPS) is 11.5. The summed E-state index contributed by atoms with van der Waals surface area (Å²) in [5, 5.41) is 10.2. The van der Waals surface area contributed by atoms with Gasteiger partial charge in [-0.1, -0.05) is 76.9 Å². The maximum atomic E-state index is 10.2. The van der Waals surface area contributed by atoms with E-state index in [1.54, 1.807) is 0 Å². The van der Waals surface area contributed by atoms with Crippen molar-refractivity contribution in [1.29, 1.82) is 0 Å². The van der Waals surface area contributed by atoms with Crippen LogP contribution in [0.3, 0.4) is 0 Å². The highest BCUT2D eigenvalue weighted by Gasteiger charge is 1.90. The molecule has 0 amide bonds. The van der Waals surface area contributed by atoms with Crippen LogP contribution in [0.15, 0.2) is 12.2 Å². The summed E-state index contributed by atoms with van der Waals surface area (Å²) in [5.74, 6) is 0. The minimum atomic E-state index is 0.105. The molecule has 1 nitrogen and oxygen atoms in total. The molecule has 0 rings (SSSR count). The van der Waals surface area contributed by atoms with Crippen LogP contribution >= 0.6 is 0 Å². The van der Waals surface area contributed by atoms with Gasteiger partial charge in [-0.15, -0.1) is 0 Å². The lowest BCUT2D eigenvalue weighted by atomic mass is 10.1. The van der Waals surface area contributed by atoms with E-state index in [-0.39, 0.29) is 6.61 Å². The average Bonchev–Trinajstić information content (AvgIpc) is 2.43. The maximum absolute atomic E-state index is 10.2. The van der Waals surface area contributed by atoms with Crippen LogP contribution in [-0.4, -0.2) is 6.61 Å². The number of hydrogen-bond donors (Lipinski definition) is 0. The van der Waals surface area contributed by atoms with E-state index in [2.05, 4.69) is 19.1 Å². The van der Waals surface area contributed by atoms with Crippen LogP contribution in [0, 0.1) is 0 Å².